The molecular formula is C12H10BrFN2O2S. The molecule has 1 aromatic carbocycles. The highest BCUT2D eigenvalue weighted by Gasteiger charge is 2.13. The maximum atomic E-state index is 13.1. The van der Waals surface area contributed by atoms with Crippen LogP contribution in [0.25, 0.3) is 0 Å². The fourth-order valence-electron chi connectivity index (χ4n) is 1.64. The first-order chi connectivity index (χ1) is 9.06. The van der Waals surface area contributed by atoms with Gasteiger partial charge in [-0.15, -0.1) is 11.3 Å². The number of hydrogen-bond acceptors (Lipinski definition) is 4. The Kier molecular flexibility index (Phi) is 4.62. The van der Waals surface area contributed by atoms with Crippen molar-refractivity contribution in [3.8, 4) is 0 Å². The first-order valence-corrected chi connectivity index (χ1v) is 7.10. The van der Waals surface area contributed by atoms with Crippen molar-refractivity contribution in [2.45, 2.75) is 13.1 Å². The molecule has 0 saturated carbocycles. The van der Waals surface area contributed by atoms with Gasteiger partial charge in [-0.1, -0.05) is 0 Å². The van der Waals surface area contributed by atoms with Gasteiger partial charge in [-0.05, 0) is 34.1 Å². The Hall–Kier alpha value is -1.31. The van der Waals surface area contributed by atoms with E-state index < -0.39 is 10.7 Å². The summed E-state index contributed by atoms with van der Waals surface area (Å²) in [7, 11) is 0. The number of thiophene rings is 1. The molecule has 2 aromatic rings. The highest BCUT2D eigenvalue weighted by Crippen LogP contribution is 2.21. The summed E-state index contributed by atoms with van der Waals surface area (Å²) in [5.74, 6) is -0.471. The monoisotopic (exact) mass is 344 g/mol. The van der Waals surface area contributed by atoms with Crippen molar-refractivity contribution in [3.63, 3.8) is 0 Å². The molecular weight excluding hydrogens is 335 g/mol. The molecule has 0 unspecified atom stereocenters. The molecule has 0 amide bonds. The van der Waals surface area contributed by atoms with E-state index >= 15 is 0 Å². The SMILES string of the molecule is O=[N+]([O-])c1ccc(F)cc1CNCc1cc(Br)cs1. The minimum Gasteiger partial charge on any atom is -0.308 e. The maximum absolute atomic E-state index is 13.1. The maximum Gasteiger partial charge on any atom is 0.274 e. The van der Waals surface area contributed by atoms with E-state index in [1.807, 2.05) is 11.4 Å². The van der Waals surface area contributed by atoms with Gasteiger partial charge in [0.25, 0.3) is 5.69 Å². The number of nitro groups is 1. The number of nitrogens with one attached hydrogen (secondary N) is 1. The molecule has 0 saturated heterocycles. The van der Waals surface area contributed by atoms with Crippen LogP contribution in [-0.2, 0) is 13.1 Å². The Morgan fingerprint density at radius 3 is 2.79 bits per heavy atom. The molecule has 0 bridgehead atoms. The molecule has 0 fully saturated rings. The summed E-state index contributed by atoms with van der Waals surface area (Å²) in [5.41, 5.74) is 0.280. The molecule has 19 heavy (non-hydrogen) atoms. The van der Waals surface area contributed by atoms with E-state index in [0.717, 1.165) is 15.4 Å². The van der Waals surface area contributed by atoms with Gasteiger partial charge < -0.3 is 5.32 Å². The van der Waals surface area contributed by atoms with E-state index in [1.165, 1.54) is 12.1 Å². The van der Waals surface area contributed by atoms with Gasteiger partial charge in [0.2, 0.25) is 0 Å². The Morgan fingerprint density at radius 1 is 1.37 bits per heavy atom. The van der Waals surface area contributed by atoms with Crippen LogP contribution in [0.4, 0.5) is 10.1 Å². The summed E-state index contributed by atoms with van der Waals surface area (Å²) >= 11 is 4.93. The van der Waals surface area contributed by atoms with E-state index in [1.54, 1.807) is 11.3 Å². The molecule has 7 heteroatoms. The number of rotatable bonds is 5. The second kappa shape index (κ2) is 6.23. The van der Waals surface area contributed by atoms with Gasteiger partial charge in [-0.25, -0.2) is 4.39 Å². The average Bonchev–Trinajstić information content (AvgIpc) is 2.75. The summed E-state index contributed by atoms with van der Waals surface area (Å²) in [5, 5.41) is 15.9. The lowest BCUT2D eigenvalue weighted by molar-refractivity contribution is -0.385. The molecule has 1 aromatic heterocycles. The zero-order valence-corrected chi connectivity index (χ0v) is 12.1. The summed E-state index contributed by atoms with van der Waals surface area (Å²) in [6.07, 6.45) is 0. The topological polar surface area (TPSA) is 55.2 Å². The lowest BCUT2D eigenvalue weighted by Gasteiger charge is -2.04. The first kappa shape index (κ1) is 14.1. The highest BCUT2D eigenvalue weighted by molar-refractivity contribution is 9.10. The minimum absolute atomic E-state index is 0.0683. The minimum atomic E-state index is -0.502. The van der Waals surface area contributed by atoms with Gasteiger partial charge in [0.15, 0.2) is 0 Å². The number of halogens is 2. The standard InChI is InChI=1S/C12H10BrFN2O2S/c13-9-4-11(19-7-9)6-15-5-8-3-10(14)1-2-12(8)16(17)18/h1-4,7,15H,5-6H2. The molecule has 0 spiro atoms. The summed E-state index contributed by atoms with van der Waals surface area (Å²) < 4.78 is 14.1. The predicted molar refractivity (Wildman–Crippen MR) is 75.6 cm³/mol. The second-order valence-corrected chi connectivity index (χ2v) is 5.78. The van der Waals surface area contributed by atoms with Crippen LogP contribution in [0.15, 0.2) is 34.1 Å². The average molecular weight is 345 g/mol. The number of hydrogen-bond donors (Lipinski definition) is 1. The number of nitrogens with zero attached hydrogens (tertiary/aromatic N) is 1. The lowest BCUT2D eigenvalue weighted by atomic mass is 10.1. The second-order valence-electron chi connectivity index (χ2n) is 3.86. The third-order valence-corrected chi connectivity index (χ3v) is 4.17. The molecule has 1 N–H and O–H groups in total. The Labute approximate surface area is 121 Å². The predicted octanol–water partition coefficient (Wildman–Crippen LogP) is 3.85. The van der Waals surface area contributed by atoms with E-state index in [9.17, 15) is 14.5 Å². The molecule has 0 atom stereocenters. The summed E-state index contributed by atoms with van der Waals surface area (Å²) in [6, 6.07) is 5.44. The normalized spacial score (nSPS) is 10.6. The molecule has 0 aliphatic carbocycles. The van der Waals surface area contributed by atoms with Crippen molar-refractivity contribution >= 4 is 33.0 Å². The van der Waals surface area contributed by atoms with Gasteiger partial charge in [-0.3, -0.25) is 10.1 Å². The zero-order valence-electron chi connectivity index (χ0n) is 9.73. The zero-order chi connectivity index (χ0) is 13.8. The van der Waals surface area contributed by atoms with Crippen LogP contribution in [0, 0.1) is 15.9 Å². The van der Waals surface area contributed by atoms with E-state index in [4.69, 9.17) is 0 Å². The van der Waals surface area contributed by atoms with Gasteiger partial charge in [0.05, 0.1) is 4.92 Å². The van der Waals surface area contributed by atoms with Gasteiger partial charge in [0, 0.05) is 39.4 Å². The smallest absolute Gasteiger partial charge is 0.274 e. The fraction of sp³-hybridized carbons (Fsp3) is 0.167. The third-order valence-electron chi connectivity index (χ3n) is 2.47. The van der Waals surface area contributed by atoms with Crippen molar-refractivity contribution < 1.29 is 9.31 Å². The van der Waals surface area contributed by atoms with Crippen molar-refractivity contribution in [2.24, 2.45) is 0 Å². The van der Waals surface area contributed by atoms with E-state index in [-0.39, 0.29) is 12.2 Å². The van der Waals surface area contributed by atoms with Crippen LogP contribution in [0.1, 0.15) is 10.4 Å². The largest absolute Gasteiger partial charge is 0.308 e. The number of benzene rings is 1. The lowest BCUT2D eigenvalue weighted by Crippen LogP contribution is -2.13. The Morgan fingerprint density at radius 2 is 2.16 bits per heavy atom. The van der Waals surface area contributed by atoms with Crippen molar-refractivity contribution in [2.75, 3.05) is 0 Å². The van der Waals surface area contributed by atoms with E-state index in [2.05, 4.69) is 21.2 Å². The molecule has 0 aliphatic heterocycles. The molecule has 0 radical (unpaired) electrons. The quantitative estimate of drug-likeness (QED) is 0.662. The summed E-state index contributed by atoms with van der Waals surface area (Å²) in [4.78, 5) is 11.4. The molecule has 0 aliphatic rings. The van der Waals surface area contributed by atoms with Crippen LogP contribution in [0.5, 0.6) is 0 Å². The Bertz CT molecular complexity index is 603. The molecule has 100 valence electrons. The van der Waals surface area contributed by atoms with Crippen LogP contribution in [0.2, 0.25) is 0 Å². The van der Waals surface area contributed by atoms with Gasteiger partial charge in [-0.2, -0.15) is 0 Å². The molecule has 1 heterocycles. The first-order valence-electron chi connectivity index (χ1n) is 5.42. The highest BCUT2D eigenvalue weighted by atomic mass is 79.9. The fourth-order valence-corrected chi connectivity index (χ4v) is 3.06. The van der Waals surface area contributed by atoms with Crippen LogP contribution in [-0.4, -0.2) is 4.92 Å². The van der Waals surface area contributed by atoms with Crippen molar-refractivity contribution in [3.05, 3.63) is 60.5 Å². The van der Waals surface area contributed by atoms with Crippen LogP contribution >= 0.6 is 27.3 Å². The Balaban J connectivity index is 2.02. The molecule has 2 rings (SSSR count). The van der Waals surface area contributed by atoms with Gasteiger partial charge >= 0.3 is 0 Å². The van der Waals surface area contributed by atoms with Gasteiger partial charge in [0.1, 0.15) is 5.82 Å². The molecule has 4 nitrogen and oxygen atoms in total. The van der Waals surface area contributed by atoms with Crippen molar-refractivity contribution in [1.82, 2.24) is 5.32 Å². The van der Waals surface area contributed by atoms with E-state index in [0.29, 0.717) is 12.1 Å². The van der Waals surface area contributed by atoms with Crippen LogP contribution < -0.4 is 5.32 Å². The number of nitro benzene ring substituents is 1. The van der Waals surface area contributed by atoms with Crippen molar-refractivity contribution in [1.29, 1.82) is 0 Å². The van der Waals surface area contributed by atoms with Crippen LogP contribution in [0.3, 0.4) is 0 Å². The summed E-state index contributed by atoms with van der Waals surface area (Å²) in [6.45, 7) is 0.841. The third kappa shape index (κ3) is 3.82.